The van der Waals surface area contributed by atoms with Gasteiger partial charge in [-0.15, -0.1) is 0 Å². The monoisotopic (exact) mass is 239 g/mol. The highest BCUT2D eigenvalue weighted by Gasteiger charge is 2.38. The number of aromatic nitrogens is 1. The van der Waals surface area contributed by atoms with Crippen molar-refractivity contribution >= 4 is 17.3 Å². The number of carbonyl (C=O) groups excluding carboxylic acids is 1. The number of carbonyl (C=O) groups is 1. The summed E-state index contributed by atoms with van der Waals surface area (Å²) in [6, 6.07) is 0. The molecule has 0 atom stereocenters. The predicted molar refractivity (Wildman–Crippen MR) is 47.8 cm³/mol. The summed E-state index contributed by atoms with van der Waals surface area (Å²) in [7, 11) is 0. The lowest BCUT2D eigenvalue weighted by molar-refractivity contribution is -0.144. The number of thiazole rings is 1. The lowest BCUT2D eigenvalue weighted by Crippen LogP contribution is -2.11. The SMILES string of the molecule is CCC(=O)Oc1sc(C)nc1C(F)(F)F. The van der Waals surface area contributed by atoms with E-state index >= 15 is 0 Å². The first-order chi connectivity index (χ1) is 6.84. The van der Waals surface area contributed by atoms with Gasteiger partial charge in [-0.25, -0.2) is 4.98 Å². The van der Waals surface area contributed by atoms with Crippen LogP contribution in [0.4, 0.5) is 13.2 Å². The summed E-state index contributed by atoms with van der Waals surface area (Å²) in [5, 5.41) is -0.270. The molecule has 0 aliphatic rings. The van der Waals surface area contributed by atoms with Gasteiger partial charge in [0.1, 0.15) is 0 Å². The Balaban J connectivity index is 3.02. The van der Waals surface area contributed by atoms with Crippen LogP contribution in [0.1, 0.15) is 24.0 Å². The molecule has 0 spiro atoms. The average Bonchev–Trinajstić information content (AvgIpc) is 2.45. The van der Waals surface area contributed by atoms with Crippen molar-refractivity contribution in [3.8, 4) is 5.06 Å². The maximum Gasteiger partial charge on any atom is 0.438 e. The molecule has 1 heterocycles. The molecule has 0 saturated heterocycles. The van der Waals surface area contributed by atoms with E-state index in [1.165, 1.54) is 13.8 Å². The summed E-state index contributed by atoms with van der Waals surface area (Å²) in [6.45, 7) is 2.92. The van der Waals surface area contributed by atoms with Crippen LogP contribution in [0.15, 0.2) is 0 Å². The molecule has 0 fully saturated rings. The molecular weight excluding hydrogens is 231 g/mol. The zero-order chi connectivity index (χ0) is 11.6. The molecule has 7 heteroatoms. The second-order valence-corrected chi connectivity index (χ2v) is 3.86. The minimum Gasteiger partial charge on any atom is -0.413 e. The Morgan fingerprint density at radius 2 is 2.13 bits per heavy atom. The zero-order valence-electron chi connectivity index (χ0n) is 8.01. The second-order valence-electron chi connectivity index (χ2n) is 2.69. The van der Waals surface area contributed by atoms with Gasteiger partial charge >= 0.3 is 12.1 Å². The number of esters is 1. The van der Waals surface area contributed by atoms with Gasteiger partial charge in [0.05, 0.1) is 5.01 Å². The quantitative estimate of drug-likeness (QED) is 0.745. The summed E-state index contributed by atoms with van der Waals surface area (Å²) >= 11 is 0.711. The molecule has 84 valence electrons. The van der Waals surface area contributed by atoms with Crippen LogP contribution in [0, 0.1) is 6.92 Å². The van der Waals surface area contributed by atoms with Gasteiger partial charge in [-0.2, -0.15) is 13.2 Å². The van der Waals surface area contributed by atoms with Gasteiger partial charge in [0.2, 0.25) is 5.06 Å². The number of hydrogen-bond donors (Lipinski definition) is 0. The molecule has 0 aromatic carbocycles. The van der Waals surface area contributed by atoms with Crippen molar-refractivity contribution in [2.75, 3.05) is 0 Å². The molecular formula is C8H8F3NO2S. The first-order valence-corrected chi connectivity index (χ1v) is 4.91. The normalized spacial score (nSPS) is 11.5. The summed E-state index contributed by atoms with van der Waals surface area (Å²) in [6.07, 6.45) is -4.57. The molecule has 1 rings (SSSR count). The van der Waals surface area contributed by atoms with Gasteiger partial charge in [-0.1, -0.05) is 18.3 Å². The summed E-state index contributed by atoms with van der Waals surface area (Å²) < 4.78 is 41.6. The molecule has 3 nitrogen and oxygen atoms in total. The molecule has 0 aliphatic carbocycles. The predicted octanol–water partition coefficient (Wildman–Crippen LogP) is 2.79. The number of rotatable bonds is 2. The Bertz CT molecular complexity index is 372. The number of ether oxygens (including phenoxy) is 1. The number of halogens is 3. The number of aryl methyl sites for hydroxylation is 1. The number of alkyl halides is 3. The molecule has 0 saturated carbocycles. The molecule has 0 radical (unpaired) electrons. The number of hydrogen-bond acceptors (Lipinski definition) is 4. The zero-order valence-corrected chi connectivity index (χ0v) is 8.83. The first-order valence-electron chi connectivity index (χ1n) is 4.10. The molecule has 1 aromatic rings. The van der Waals surface area contributed by atoms with Crippen molar-refractivity contribution in [1.29, 1.82) is 0 Å². The van der Waals surface area contributed by atoms with Gasteiger partial charge in [-0.05, 0) is 6.92 Å². The average molecular weight is 239 g/mol. The van der Waals surface area contributed by atoms with E-state index in [-0.39, 0.29) is 11.4 Å². The van der Waals surface area contributed by atoms with E-state index in [0.29, 0.717) is 11.3 Å². The van der Waals surface area contributed by atoms with E-state index in [9.17, 15) is 18.0 Å². The van der Waals surface area contributed by atoms with Crippen molar-refractivity contribution < 1.29 is 22.7 Å². The summed E-state index contributed by atoms with van der Waals surface area (Å²) in [5.74, 6) is -0.704. The minimum absolute atomic E-state index is 0.0221. The van der Waals surface area contributed by atoms with E-state index in [1.807, 2.05) is 0 Å². The fourth-order valence-electron chi connectivity index (χ4n) is 0.832. The summed E-state index contributed by atoms with van der Waals surface area (Å²) in [4.78, 5) is 14.1. The standard InChI is InChI=1S/C8H8F3NO2S/c1-3-5(13)14-7-6(8(9,10)11)12-4(2)15-7/h3H2,1-2H3. The van der Waals surface area contributed by atoms with Gasteiger partial charge in [0.15, 0.2) is 5.69 Å². The van der Waals surface area contributed by atoms with Gasteiger partial charge in [-0.3, -0.25) is 4.79 Å². The van der Waals surface area contributed by atoms with E-state index in [2.05, 4.69) is 9.72 Å². The molecule has 0 unspecified atom stereocenters. The fourth-order valence-corrected chi connectivity index (χ4v) is 1.63. The summed E-state index contributed by atoms with van der Waals surface area (Å²) in [5.41, 5.74) is -1.13. The largest absolute Gasteiger partial charge is 0.438 e. The van der Waals surface area contributed by atoms with Crippen LogP contribution < -0.4 is 4.74 Å². The Morgan fingerprint density at radius 1 is 1.53 bits per heavy atom. The maximum absolute atomic E-state index is 12.4. The third kappa shape index (κ3) is 2.92. The molecule has 1 aromatic heterocycles. The van der Waals surface area contributed by atoms with Crippen LogP contribution in [-0.2, 0) is 11.0 Å². The van der Waals surface area contributed by atoms with Crippen LogP contribution in [0.25, 0.3) is 0 Å². The number of nitrogens with zero attached hydrogens (tertiary/aromatic N) is 1. The second kappa shape index (κ2) is 4.18. The van der Waals surface area contributed by atoms with Crippen LogP contribution in [0.3, 0.4) is 0 Å². The van der Waals surface area contributed by atoms with Gasteiger partial charge < -0.3 is 4.74 Å². The molecule has 0 aliphatic heterocycles. The highest BCUT2D eigenvalue weighted by atomic mass is 32.1. The van der Waals surface area contributed by atoms with Crippen LogP contribution in [-0.4, -0.2) is 11.0 Å². The highest BCUT2D eigenvalue weighted by Crippen LogP contribution is 2.39. The minimum atomic E-state index is -4.59. The van der Waals surface area contributed by atoms with E-state index in [4.69, 9.17) is 0 Å². The Labute approximate surface area is 87.9 Å². The Kier molecular flexibility index (Phi) is 3.33. The third-order valence-electron chi connectivity index (χ3n) is 1.47. The van der Waals surface area contributed by atoms with E-state index in [1.54, 1.807) is 0 Å². The first kappa shape index (κ1) is 12.0. The van der Waals surface area contributed by atoms with Crippen molar-refractivity contribution in [3.63, 3.8) is 0 Å². The van der Waals surface area contributed by atoms with Crippen molar-refractivity contribution in [3.05, 3.63) is 10.7 Å². The fraction of sp³-hybridized carbons (Fsp3) is 0.500. The van der Waals surface area contributed by atoms with Crippen molar-refractivity contribution in [2.45, 2.75) is 26.4 Å². The molecule has 0 amide bonds. The lowest BCUT2D eigenvalue weighted by atomic mass is 10.4. The van der Waals surface area contributed by atoms with Crippen LogP contribution in [0.2, 0.25) is 0 Å². The van der Waals surface area contributed by atoms with Crippen molar-refractivity contribution in [2.24, 2.45) is 0 Å². The van der Waals surface area contributed by atoms with Crippen LogP contribution >= 0.6 is 11.3 Å². The Morgan fingerprint density at radius 3 is 2.60 bits per heavy atom. The molecule has 0 N–H and O–H groups in total. The van der Waals surface area contributed by atoms with E-state index < -0.39 is 22.9 Å². The highest BCUT2D eigenvalue weighted by molar-refractivity contribution is 7.13. The smallest absolute Gasteiger partial charge is 0.413 e. The van der Waals surface area contributed by atoms with E-state index in [0.717, 1.165) is 0 Å². The maximum atomic E-state index is 12.4. The van der Waals surface area contributed by atoms with Crippen molar-refractivity contribution in [1.82, 2.24) is 4.98 Å². The van der Waals surface area contributed by atoms with Gasteiger partial charge in [0.25, 0.3) is 0 Å². The Hall–Kier alpha value is -1.11. The molecule has 15 heavy (non-hydrogen) atoms. The lowest BCUT2D eigenvalue weighted by Gasteiger charge is -2.05. The third-order valence-corrected chi connectivity index (χ3v) is 2.32. The topological polar surface area (TPSA) is 39.2 Å². The van der Waals surface area contributed by atoms with Gasteiger partial charge in [0, 0.05) is 6.42 Å². The van der Waals surface area contributed by atoms with Crippen LogP contribution in [0.5, 0.6) is 5.06 Å². The molecule has 0 bridgehead atoms.